The van der Waals surface area contributed by atoms with Crippen LogP contribution in [0.4, 0.5) is 0 Å². The van der Waals surface area contributed by atoms with Crippen LogP contribution in [0.3, 0.4) is 0 Å². The predicted molar refractivity (Wildman–Crippen MR) is 54.8 cm³/mol. The SMILES string of the molecule is CNS(=O)(=O)CCOc1ccccc1. The molecule has 4 nitrogen and oxygen atoms in total. The van der Waals surface area contributed by atoms with E-state index in [1.54, 1.807) is 12.1 Å². The maximum absolute atomic E-state index is 11.0. The number of ether oxygens (including phenoxy) is 1. The Morgan fingerprint density at radius 1 is 1.29 bits per heavy atom. The van der Waals surface area contributed by atoms with Gasteiger partial charge >= 0.3 is 0 Å². The molecule has 1 N–H and O–H groups in total. The summed E-state index contributed by atoms with van der Waals surface area (Å²) in [5.41, 5.74) is 0. The molecule has 0 aliphatic heterocycles. The summed E-state index contributed by atoms with van der Waals surface area (Å²) >= 11 is 0. The summed E-state index contributed by atoms with van der Waals surface area (Å²) in [7, 11) is -1.78. The lowest BCUT2D eigenvalue weighted by Crippen LogP contribution is -2.25. The second kappa shape index (κ2) is 4.97. The average Bonchev–Trinajstić information content (AvgIpc) is 2.19. The van der Waals surface area contributed by atoms with Crippen LogP contribution in [0.25, 0.3) is 0 Å². The molecular formula is C9H13NO3S. The van der Waals surface area contributed by atoms with Crippen molar-refractivity contribution in [3.05, 3.63) is 30.3 Å². The highest BCUT2D eigenvalue weighted by atomic mass is 32.2. The van der Waals surface area contributed by atoms with Crippen molar-refractivity contribution in [2.24, 2.45) is 0 Å². The van der Waals surface area contributed by atoms with Gasteiger partial charge < -0.3 is 4.74 Å². The van der Waals surface area contributed by atoms with Crippen molar-refractivity contribution in [1.82, 2.24) is 4.72 Å². The Balaban J connectivity index is 2.37. The summed E-state index contributed by atoms with van der Waals surface area (Å²) in [5, 5.41) is 0. The standard InChI is InChI=1S/C9H13NO3S/c1-10-14(11,12)8-7-13-9-5-3-2-4-6-9/h2-6,10H,7-8H2,1H3. The van der Waals surface area contributed by atoms with Crippen molar-refractivity contribution in [1.29, 1.82) is 0 Å². The van der Waals surface area contributed by atoms with Gasteiger partial charge in [-0.05, 0) is 19.2 Å². The molecule has 0 heterocycles. The van der Waals surface area contributed by atoms with Gasteiger partial charge in [0.2, 0.25) is 10.0 Å². The first-order valence-electron chi connectivity index (χ1n) is 4.23. The molecule has 1 aromatic rings. The molecule has 0 aliphatic rings. The van der Waals surface area contributed by atoms with E-state index in [2.05, 4.69) is 4.72 Å². The Bertz CT molecular complexity index is 361. The number of nitrogens with one attached hydrogen (secondary N) is 1. The van der Waals surface area contributed by atoms with Crippen LogP contribution >= 0.6 is 0 Å². The van der Waals surface area contributed by atoms with Crippen molar-refractivity contribution in [3.63, 3.8) is 0 Å². The van der Waals surface area contributed by atoms with Gasteiger partial charge in [-0.2, -0.15) is 0 Å². The van der Waals surface area contributed by atoms with E-state index >= 15 is 0 Å². The average molecular weight is 215 g/mol. The van der Waals surface area contributed by atoms with Crippen molar-refractivity contribution in [2.45, 2.75) is 0 Å². The van der Waals surface area contributed by atoms with Crippen LogP contribution in [-0.4, -0.2) is 27.8 Å². The molecule has 1 aromatic carbocycles. The molecule has 0 spiro atoms. The zero-order valence-corrected chi connectivity index (χ0v) is 8.75. The molecule has 0 atom stereocenters. The first-order chi connectivity index (χ1) is 6.64. The first-order valence-corrected chi connectivity index (χ1v) is 5.88. The van der Waals surface area contributed by atoms with Gasteiger partial charge in [-0.15, -0.1) is 0 Å². The van der Waals surface area contributed by atoms with Crippen LogP contribution in [0, 0.1) is 0 Å². The number of para-hydroxylation sites is 1. The van der Waals surface area contributed by atoms with E-state index in [0.717, 1.165) is 0 Å². The highest BCUT2D eigenvalue weighted by molar-refractivity contribution is 7.89. The molecule has 78 valence electrons. The van der Waals surface area contributed by atoms with E-state index in [-0.39, 0.29) is 12.4 Å². The fourth-order valence-corrected chi connectivity index (χ4v) is 1.39. The minimum Gasteiger partial charge on any atom is -0.492 e. The molecule has 0 fully saturated rings. The maximum atomic E-state index is 11.0. The van der Waals surface area contributed by atoms with E-state index in [0.29, 0.717) is 5.75 Å². The number of sulfonamides is 1. The lowest BCUT2D eigenvalue weighted by molar-refractivity contribution is 0.340. The molecule has 14 heavy (non-hydrogen) atoms. The summed E-state index contributed by atoms with van der Waals surface area (Å²) in [6.45, 7) is 0.160. The Morgan fingerprint density at radius 2 is 1.93 bits per heavy atom. The molecule has 0 saturated carbocycles. The summed E-state index contributed by atoms with van der Waals surface area (Å²) < 4.78 is 29.4. The van der Waals surface area contributed by atoms with Crippen LogP contribution in [0.2, 0.25) is 0 Å². The molecule has 0 aromatic heterocycles. The highest BCUT2D eigenvalue weighted by Gasteiger charge is 2.06. The van der Waals surface area contributed by atoms with E-state index in [9.17, 15) is 8.42 Å². The van der Waals surface area contributed by atoms with Gasteiger partial charge in [0.1, 0.15) is 12.4 Å². The van der Waals surface area contributed by atoms with Crippen LogP contribution in [0.15, 0.2) is 30.3 Å². The number of hydrogen-bond acceptors (Lipinski definition) is 3. The summed E-state index contributed by atoms with van der Waals surface area (Å²) in [6, 6.07) is 9.11. The minimum absolute atomic E-state index is 0.0294. The third kappa shape index (κ3) is 3.76. The van der Waals surface area contributed by atoms with E-state index in [4.69, 9.17) is 4.74 Å². The summed E-state index contributed by atoms with van der Waals surface area (Å²) in [5.74, 6) is 0.650. The van der Waals surface area contributed by atoms with Gasteiger partial charge in [-0.3, -0.25) is 0 Å². The van der Waals surface area contributed by atoms with Crippen LogP contribution in [0.5, 0.6) is 5.75 Å². The Labute approximate surface area is 84.0 Å². The van der Waals surface area contributed by atoms with Gasteiger partial charge in [0, 0.05) is 0 Å². The molecule has 0 amide bonds. The third-order valence-electron chi connectivity index (χ3n) is 1.68. The van der Waals surface area contributed by atoms with Crippen molar-refractivity contribution < 1.29 is 13.2 Å². The molecule has 5 heteroatoms. The molecular weight excluding hydrogens is 202 g/mol. The van der Waals surface area contributed by atoms with Crippen molar-refractivity contribution in [3.8, 4) is 5.75 Å². The van der Waals surface area contributed by atoms with Gasteiger partial charge in [0.25, 0.3) is 0 Å². The minimum atomic E-state index is -3.16. The molecule has 0 saturated heterocycles. The van der Waals surface area contributed by atoms with Crippen LogP contribution in [-0.2, 0) is 10.0 Å². The summed E-state index contributed by atoms with van der Waals surface area (Å²) in [6.07, 6.45) is 0. The molecule has 0 aliphatic carbocycles. The van der Waals surface area contributed by atoms with Gasteiger partial charge in [-0.1, -0.05) is 18.2 Å². The van der Waals surface area contributed by atoms with E-state index in [1.807, 2.05) is 18.2 Å². The maximum Gasteiger partial charge on any atom is 0.214 e. The van der Waals surface area contributed by atoms with Crippen LogP contribution < -0.4 is 9.46 Å². The number of benzene rings is 1. The lowest BCUT2D eigenvalue weighted by atomic mass is 10.3. The Hall–Kier alpha value is -1.07. The highest BCUT2D eigenvalue weighted by Crippen LogP contribution is 2.07. The Morgan fingerprint density at radius 3 is 2.50 bits per heavy atom. The molecule has 0 unspecified atom stereocenters. The van der Waals surface area contributed by atoms with Gasteiger partial charge in [0.05, 0.1) is 5.75 Å². The van der Waals surface area contributed by atoms with Gasteiger partial charge in [-0.25, -0.2) is 13.1 Å². The quantitative estimate of drug-likeness (QED) is 0.783. The normalized spacial score (nSPS) is 11.2. The van der Waals surface area contributed by atoms with E-state index in [1.165, 1.54) is 7.05 Å². The van der Waals surface area contributed by atoms with E-state index < -0.39 is 10.0 Å². The predicted octanol–water partition coefficient (Wildman–Crippen LogP) is 0.615. The first kappa shape index (κ1) is 11.0. The second-order valence-corrected chi connectivity index (χ2v) is 4.73. The monoisotopic (exact) mass is 215 g/mol. The molecule has 1 rings (SSSR count). The van der Waals surface area contributed by atoms with Crippen molar-refractivity contribution in [2.75, 3.05) is 19.4 Å². The smallest absolute Gasteiger partial charge is 0.214 e. The zero-order chi connectivity index (χ0) is 10.4. The van der Waals surface area contributed by atoms with Crippen LogP contribution in [0.1, 0.15) is 0 Å². The number of rotatable bonds is 5. The second-order valence-electron chi connectivity index (χ2n) is 2.68. The third-order valence-corrected chi connectivity index (χ3v) is 3.00. The molecule has 0 radical (unpaired) electrons. The van der Waals surface area contributed by atoms with Gasteiger partial charge in [0.15, 0.2) is 0 Å². The van der Waals surface area contributed by atoms with Crippen molar-refractivity contribution >= 4 is 10.0 Å². The summed E-state index contributed by atoms with van der Waals surface area (Å²) in [4.78, 5) is 0. The largest absolute Gasteiger partial charge is 0.492 e. The zero-order valence-electron chi connectivity index (χ0n) is 7.93. The number of hydrogen-bond donors (Lipinski definition) is 1. The fraction of sp³-hybridized carbons (Fsp3) is 0.333. The molecule has 0 bridgehead atoms. The topological polar surface area (TPSA) is 55.4 Å². The lowest BCUT2D eigenvalue weighted by Gasteiger charge is -2.05. The Kier molecular flexibility index (Phi) is 3.91. The fourth-order valence-electron chi connectivity index (χ4n) is 0.888.